The Labute approximate surface area is 177 Å². The van der Waals surface area contributed by atoms with E-state index >= 15 is 0 Å². The molecule has 3 atom stereocenters. The monoisotopic (exact) mass is 411 g/mol. The molecular formula is C24H30FN3O2. The average molecular weight is 412 g/mol. The van der Waals surface area contributed by atoms with Gasteiger partial charge in [0.2, 0.25) is 0 Å². The summed E-state index contributed by atoms with van der Waals surface area (Å²) < 4.78 is 18.6. The number of carbonyl (C=O) groups is 1. The van der Waals surface area contributed by atoms with Crippen LogP contribution in [0.25, 0.3) is 0 Å². The number of nitrogens with zero attached hydrogens (tertiary/aromatic N) is 1. The van der Waals surface area contributed by atoms with Crippen molar-refractivity contribution in [2.24, 2.45) is 0 Å². The Bertz CT molecular complexity index is 816. The maximum absolute atomic E-state index is 12.9. The highest BCUT2D eigenvalue weighted by Gasteiger charge is 2.40. The molecule has 6 heteroatoms. The lowest BCUT2D eigenvalue weighted by atomic mass is 9.96. The number of hydrogen-bond donors (Lipinski definition) is 2. The number of ether oxygens (including phenoxy) is 1. The Balaban J connectivity index is 1.21. The third-order valence-corrected chi connectivity index (χ3v) is 6.12. The first-order chi connectivity index (χ1) is 14.6. The molecule has 2 saturated heterocycles. The van der Waals surface area contributed by atoms with Gasteiger partial charge in [-0.15, -0.1) is 0 Å². The van der Waals surface area contributed by atoms with E-state index in [2.05, 4.69) is 45.9 Å². The number of benzene rings is 2. The molecule has 30 heavy (non-hydrogen) atoms. The Morgan fingerprint density at radius 1 is 1.10 bits per heavy atom. The van der Waals surface area contributed by atoms with Gasteiger partial charge < -0.3 is 15.4 Å². The molecule has 0 aliphatic carbocycles. The molecule has 2 heterocycles. The molecule has 2 amide bonds. The second-order valence-electron chi connectivity index (χ2n) is 8.50. The van der Waals surface area contributed by atoms with Gasteiger partial charge in [0.1, 0.15) is 18.2 Å². The van der Waals surface area contributed by atoms with E-state index in [4.69, 9.17) is 4.74 Å². The molecule has 2 aliphatic rings. The summed E-state index contributed by atoms with van der Waals surface area (Å²) in [5, 5.41) is 6.11. The van der Waals surface area contributed by atoms with Gasteiger partial charge in [-0.2, -0.15) is 0 Å². The molecule has 2 aromatic rings. The molecule has 0 radical (unpaired) electrons. The maximum Gasteiger partial charge on any atom is 0.315 e. The molecule has 5 nitrogen and oxygen atoms in total. The Morgan fingerprint density at radius 2 is 1.77 bits per heavy atom. The third-order valence-electron chi connectivity index (χ3n) is 6.12. The molecule has 4 rings (SSSR count). The zero-order valence-electron chi connectivity index (χ0n) is 17.4. The number of hydrogen-bond acceptors (Lipinski definition) is 3. The van der Waals surface area contributed by atoms with Crippen LogP contribution in [0.1, 0.15) is 38.2 Å². The minimum atomic E-state index is -0.295. The fourth-order valence-electron chi connectivity index (χ4n) is 4.69. The molecule has 0 spiro atoms. The molecule has 2 N–H and O–H groups in total. The largest absolute Gasteiger partial charge is 0.491 e. The summed E-state index contributed by atoms with van der Waals surface area (Å²) in [7, 11) is 0. The smallest absolute Gasteiger partial charge is 0.315 e. The van der Waals surface area contributed by atoms with E-state index < -0.39 is 0 Å². The first-order valence-corrected chi connectivity index (χ1v) is 10.8. The Kier molecular flexibility index (Phi) is 6.53. The van der Waals surface area contributed by atoms with Crippen molar-refractivity contribution in [2.75, 3.05) is 6.61 Å². The minimum Gasteiger partial charge on any atom is -0.491 e. The van der Waals surface area contributed by atoms with Gasteiger partial charge in [0.15, 0.2) is 0 Å². The maximum atomic E-state index is 12.9. The fourth-order valence-corrected chi connectivity index (χ4v) is 4.69. The van der Waals surface area contributed by atoms with Gasteiger partial charge in [0.05, 0.1) is 6.04 Å². The summed E-state index contributed by atoms with van der Waals surface area (Å²) in [6, 6.07) is 17.5. The van der Waals surface area contributed by atoms with Crippen molar-refractivity contribution < 1.29 is 13.9 Å². The zero-order chi connectivity index (χ0) is 20.9. The van der Waals surface area contributed by atoms with Crippen LogP contribution in [-0.2, 0) is 6.54 Å². The lowest BCUT2D eigenvalue weighted by Gasteiger charge is -2.39. The molecule has 2 bridgehead atoms. The van der Waals surface area contributed by atoms with Crippen LogP contribution in [0.3, 0.4) is 0 Å². The van der Waals surface area contributed by atoms with Gasteiger partial charge in [-0.3, -0.25) is 4.90 Å². The molecule has 0 aromatic heterocycles. The van der Waals surface area contributed by atoms with Crippen LogP contribution >= 0.6 is 0 Å². The fraction of sp³-hybridized carbons (Fsp3) is 0.458. The number of rotatable bonds is 7. The molecule has 2 aromatic carbocycles. The zero-order valence-corrected chi connectivity index (χ0v) is 17.4. The molecular weight excluding hydrogens is 381 g/mol. The first kappa shape index (κ1) is 20.7. The van der Waals surface area contributed by atoms with Crippen LogP contribution < -0.4 is 15.4 Å². The van der Waals surface area contributed by atoms with Gasteiger partial charge in [0.25, 0.3) is 0 Å². The van der Waals surface area contributed by atoms with Crippen LogP contribution in [0.5, 0.6) is 5.75 Å². The highest BCUT2D eigenvalue weighted by Crippen LogP contribution is 2.36. The van der Waals surface area contributed by atoms with Crippen molar-refractivity contribution in [3.8, 4) is 5.75 Å². The summed E-state index contributed by atoms with van der Waals surface area (Å²) in [5.41, 5.74) is 1.36. The third kappa shape index (κ3) is 5.30. The number of fused-ring (bicyclic) bond motifs is 2. The van der Waals surface area contributed by atoms with E-state index in [0.29, 0.717) is 24.4 Å². The van der Waals surface area contributed by atoms with Crippen molar-refractivity contribution in [1.29, 1.82) is 0 Å². The Morgan fingerprint density at radius 3 is 2.43 bits per heavy atom. The van der Waals surface area contributed by atoms with E-state index in [1.165, 1.54) is 30.5 Å². The van der Waals surface area contributed by atoms with E-state index in [9.17, 15) is 9.18 Å². The molecule has 2 fully saturated rings. The van der Waals surface area contributed by atoms with Gasteiger partial charge in [-0.05, 0) is 62.4 Å². The first-order valence-electron chi connectivity index (χ1n) is 10.8. The van der Waals surface area contributed by atoms with Crippen molar-refractivity contribution >= 4 is 6.03 Å². The predicted molar refractivity (Wildman–Crippen MR) is 115 cm³/mol. The highest BCUT2D eigenvalue weighted by atomic mass is 19.1. The van der Waals surface area contributed by atoms with Crippen LogP contribution in [0.4, 0.5) is 9.18 Å². The Hall–Kier alpha value is -2.60. The highest BCUT2D eigenvalue weighted by molar-refractivity contribution is 5.74. The number of carbonyl (C=O) groups excluding carboxylic acids is 1. The van der Waals surface area contributed by atoms with E-state index in [1.54, 1.807) is 12.1 Å². The van der Waals surface area contributed by atoms with Gasteiger partial charge in [-0.1, -0.05) is 30.3 Å². The lowest BCUT2D eigenvalue weighted by molar-refractivity contribution is 0.111. The SMILES string of the molecule is CC(COc1ccc(F)cc1)NC(=O)NC1CC2CCC(C1)N2Cc1ccccc1. The second kappa shape index (κ2) is 9.47. The second-order valence-corrected chi connectivity index (χ2v) is 8.50. The number of nitrogens with one attached hydrogen (secondary N) is 2. The number of halogens is 1. The number of piperidine rings is 1. The van der Waals surface area contributed by atoms with Crippen molar-refractivity contribution in [3.63, 3.8) is 0 Å². The minimum absolute atomic E-state index is 0.147. The summed E-state index contributed by atoms with van der Waals surface area (Å²) in [6.45, 7) is 3.22. The molecule has 3 unspecified atom stereocenters. The topological polar surface area (TPSA) is 53.6 Å². The van der Waals surface area contributed by atoms with Crippen LogP contribution in [0.15, 0.2) is 54.6 Å². The van der Waals surface area contributed by atoms with Gasteiger partial charge >= 0.3 is 6.03 Å². The quantitative estimate of drug-likeness (QED) is 0.722. The van der Waals surface area contributed by atoms with Crippen LogP contribution in [-0.4, -0.2) is 41.7 Å². The van der Waals surface area contributed by atoms with Gasteiger partial charge in [0, 0.05) is 24.7 Å². The molecule has 160 valence electrons. The van der Waals surface area contributed by atoms with Crippen LogP contribution in [0, 0.1) is 5.82 Å². The van der Waals surface area contributed by atoms with E-state index in [1.807, 2.05) is 6.92 Å². The number of amides is 2. The van der Waals surface area contributed by atoms with Gasteiger partial charge in [-0.25, -0.2) is 9.18 Å². The lowest BCUT2D eigenvalue weighted by Crippen LogP contribution is -2.53. The van der Waals surface area contributed by atoms with Crippen molar-refractivity contribution in [3.05, 3.63) is 66.0 Å². The summed E-state index contributed by atoms with van der Waals surface area (Å²) >= 11 is 0. The van der Waals surface area contributed by atoms with Crippen molar-refractivity contribution in [1.82, 2.24) is 15.5 Å². The van der Waals surface area contributed by atoms with Crippen LogP contribution in [0.2, 0.25) is 0 Å². The summed E-state index contributed by atoms with van der Waals surface area (Å²) in [5.74, 6) is 0.296. The predicted octanol–water partition coefficient (Wildman–Crippen LogP) is 4.09. The summed E-state index contributed by atoms with van der Waals surface area (Å²) in [6.07, 6.45) is 4.41. The molecule has 0 saturated carbocycles. The summed E-state index contributed by atoms with van der Waals surface area (Å²) in [4.78, 5) is 15.1. The standard InChI is InChI=1S/C24H30FN3O2/c1-17(16-30-23-11-7-19(25)8-12-23)26-24(29)27-20-13-21-9-10-22(14-20)28(21)15-18-5-3-2-4-6-18/h2-8,11-12,17,20-22H,9-10,13-16H2,1H3,(H2,26,27,29). The van der Waals surface area contributed by atoms with Crippen molar-refractivity contribution in [2.45, 2.75) is 63.3 Å². The normalized spacial score (nSPS) is 24.3. The molecule has 2 aliphatic heterocycles. The van der Waals surface area contributed by atoms with E-state index in [0.717, 1.165) is 19.4 Å². The number of urea groups is 1. The average Bonchev–Trinajstić information content (AvgIpc) is 2.96. The van der Waals surface area contributed by atoms with E-state index in [-0.39, 0.29) is 23.9 Å².